The summed E-state index contributed by atoms with van der Waals surface area (Å²) >= 11 is 0. The lowest BCUT2D eigenvalue weighted by atomic mass is 10.1. The molecule has 0 aliphatic heterocycles. The molecule has 0 bridgehead atoms. The topological polar surface area (TPSA) is 109 Å². The summed E-state index contributed by atoms with van der Waals surface area (Å²) in [5, 5.41) is 13.4. The van der Waals surface area contributed by atoms with Crippen molar-refractivity contribution in [1.82, 2.24) is 4.72 Å². The highest BCUT2D eigenvalue weighted by Gasteiger charge is 2.03. The number of carboxylic acids is 1. The predicted molar refractivity (Wildman–Crippen MR) is 58.2 cm³/mol. The van der Waals surface area contributed by atoms with Crippen LogP contribution < -0.4 is 9.86 Å². The molecule has 1 aromatic rings. The van der Waals surface area contributed by atoms with Gasteiger partial charge in [-0.1, -0.05) is 12.1 Å². The standard InChI is InChI=1S/C9H12N2O4S/c10-16(14,15)11-6-5-7-1-3-8(4-2-7)9(12)13/h1-4,11H,5-6H2,(H,12,13)(H2,10,14,15). The Morgan fingerprint density at radius 1 is 1.31 bits per heavy atom. The molecule has 6 nitrogen and oxygen atoms in total. The third kappa shape index (κ3) is 4.39. The summed E-state index contributed by atoms with van der Waals surface area (Å²) in [6, 6.07) is 6.20. The number of benzene rings is 1. The minimum absolute atomic E-state index is 0.186. The number of hydrogen-bond acceptors (Lipinski definition) is 3. The first-order valence-corrected chi connectivity index (χ1v) is 6.03. The van der Waals surface area contributed by atoms with Gasteiger partial charge in [-0.05, 0) is 24.1 Å². The number of carboxylic acid groups (broad SMARTS) is 1. The third-order valence-electron chi connectivity index (χ3n) is 1.92. The maximum atomic E-state index is 10.6. The van der Waals surface area contributed by atoms with E-state index >= 15 is 0 Å². The van der Waals surface area contributed by atoms with Gasteiger partial charge in [0.25, 0.3) is 10.2 Å². The molecule has 1 rings (SSSR count). The quantitative estimate of drug-likeness (QED) is 0.661. The van der Waals surface area contributed by atoms with Gasteiger partial charge in [0.2, 0.25) is 0 Å². The number of nitrogens with two attached hydrogens (primary N) is 1. The van der Waals surface area contributed by atoms with E-state index in [0.29, 0.717) is 6.42 Å². The molecule has 16 heavy (non-hydrogen) atoms. The van der Waals surface area contributed by atoms with Crippen LogP contribution in [0.3, 0.4) is 0 Å². The van der Waals surface area contributed by atoms with Crippen molar-refractivity contribution in [3.8, 4) is 0 Å². The Balaban J connectivity index is 2.53. The zero-order valence-corrected chi connectivity index (χ0v) is 9.20. The lowest BCUT2D eigenvalue weighted by Crippen LogP contribution is -2.32. The Bertz CT molecular complexity index is 467. The molecule has 0 aliphatic rings. The van der Waals surface area contributed by atoms with Crippen molar-refractivity contribution >= 4 is 16.2 Å². The minimum Gasteiger partial charge on any atom is -0.478 e. The van der Waals surface area contributed by atoms with E-state index in [0.717, 1.165) is 5.56 Å². The number of rotatable bonds is 5. The Labute approximate surface area is 93.3 Å². The smallest absolute Gasteiger partial charge is 0.335 e. The van der Waals surface area contributed by atoms with E-state index in [4.69, 9.17) is 10.2 Å². The van der Waals surface area contributed by atoms with E-state index in [1.807, 2.05) is 0 Å². The van der Waals surface area contributed by atoms with Crippen LogP contribution in [0, 0.1) is 0 Å². The van der Waals surface area contributed by atoms with Crippen LogP contribution >= 0.6 is 0 Å². The summed E-state index contributed by atoms with van der Waals surface area (Å²) in [6.45, 7) is 0.186. The maximum absolute atomic E-state index is 10.6. The van der Waals surface area contributed by atoms with Crippen molar-refractivity contribution in [1.29, 1.82) is 0 Å². The molecule has 0 fully saturated rings. The van der Waals surface area contributed by atoms with Gasteiger partial charge in [-0.15, -0.1) is 0 Å². The number of aromatic carboxylic acids is 1. The fourth-order valence-electron chi connectivity index (χ4n) is 1.15. The van der Waals surface area contributed by atoms with Crippen LogP contribution in [0.25, 0.3) is 0 Å². The Kier molecular flexibility index (Phi) is 3.99. The molecule has 0 unspecified atom stereocenters. The highest BCUT2D eigenvalue weighted by molar-refractivity contribution is 7.87. The molecule has 0 aliphatic carbocycles. The third-order valence-corrected chi connectivity index (χ3v) is 2.52. The van der Waals surface area contributed by atoms with E-state index < -0.39 is 16.2 Å². The summed E-state index contributed by atoms with van der Waals surface area (Å²) in [4.78, 5) is 10.5. The average Bonchev–Trinajstić information content (AvgIpc) is 2.16. The molecule has 1 aromatic carbocycles. The highest BCUT2D eigenvalue weighted by atomic mass is 32.2. The lowest BCUT2D eigenvalue weighted by Gasteiger charge is -2.02. The van der Waals surface area contributed by atoms with Crippen molar-refractivity contribution in [3.05, 3.63) is 35.4 Å². The largest absolute Gasteiger partial charge is 0.478 e. The van der Waals surface area contributed by atoms with Crippen LogP contribution in [0.15, 0.2) is 24.3 Å². The zero-order valence-electron chi connectivity index (χ0n) is 8.38. The molecule has 0 saturated heterocycles. The van der Waals surface area contributed by atoms with Crippen molar-refractivity contribution in [2.45, 2.75) is 6.42 Å². The molecule has 0 amide bonds. The van der Waals surface area contributed by atoms with Gasteiger partial charge in [0, 0.05) is 6.54 Å². The van der Waals surface area contributed by atoms with Crippen molar-refractivity contribution < 1.29 is 18.3 Å². The van der Waals surface area contributed by atoms with E-state index in [9.17, 15) is 13.2 Å². The fourth-order valence-corrected chi connectivity index (χ4v) is 1.54. The Morgan fingerprint density at radius 2 is 1.88 bits per heavy atom. The summed E-state index contributed by atoms with van der Waals surface area (Å²) in [7, 11) is -3.66. The summed E-state index contributed by atoms with van der Waals surface area (Å²) < 4.78 is 23.2. The summed E-state index contributed by atoms with van der Waals surface area (Å²) in [5.74, 6) is -0.991. The van der Waals surface area contributed by atoms with Crippen molar-refractivity contribution in [2.75, 3.05) is 6.54 Å². The molecule has 0 saturated carbocycles. The van der Waals surface area contributed by atoms with E-state index in [-0.39, 0.29) is 12.1 Å². The van der Waals surface area contributed by atoms with Gasteiger partial charge in [-0.2, -0.15) is 8.42 Å². The van der Waals surface area contributed by atoms with Gasteiger partial charge in [-0.25, -0.2) is 14.7 Å². The van der Waals surface area contributed by atoms with Crippen LogP contribution in [0.2, 0.25) is 0 Å². The zero-order chi connectivity index (χ0) is 12.2. The fraction of sp³-hybridized carbons (Fsp3) is 0.222. The predicted octanol–water partition coefficient (Wildman–Crippen LogP) is -0.280. The molecule has 0 heterocycles. The van der Waals surface area contributed by atoms with Crippen LogP contribution in [0.1, 0.15) is 15.9 Å². The van der Waals surface area contributed by atoms with Gasteiger partial charge >= 0.3 is 5.97 Å². The van der Waals surface area contributed by atoms with E-state index in [1.165, 1.54) is 12.1 Å². The van der Waals surface area contributed by atoms with Crippen molar-refractivity contribution in [2.24, 2.45) is 5.14 Å². The van der Waals surface area contributed by atoms with Gasteiger partial charge in [0.15, 0.2) is 0 Å². The summed E-state index contributed by atoms with van der Waals surface area (Å²) in [6.07, 6.45) is 0.455. The first-order chi connectivity index (χ1) is 7.38. The molecule has 0 aromatic heterocycles. The Morgan fingerprint density at radius 3 is 2.31 bits per heavy atom. The molecular weight excluding hydrogens is 232 g/mol. The van der Waals surface area contributed by atoms with Crippen molar-refractivity contribution in [3.63, 3.8) is 0 Å². The average molecular weight is 244 g/mol. The maximum Gasteiger partial charge on any atom is 0.335 e. The number of carbonyl (C=O) groups is 1. The SMILES string of the molecule is NS(=O)(=O)NCCc1ccc(C(=O)O)cc1. The van der Waals surface area contributed by atoms with Gasteiger partial charge in [0.1, 0.15) is 0 Å². The Hall–Kier alpha value is -1.44. The molecular formula is C9H12N2O4S. The monoisotopic (exact) mass is 244 g/mol. The lowest BCUT2D eigenvalue weighted by molar-refractivity contribution is 0.0697. The molecule has 7 heteroatoms. The van der Waals surface area contributed by atoms with Crippen LogP contribution in [-0.2, 0) is 16.6 Å². The first kappa shape index (κ1) is 12.6. The second kappa shape index (κ2) is 5.06. The van der Waals surface area contributed by atoms with Crippen LogP contribution in [0.4, 0.5) is 0 Å². The normalized spacial score (nSPS) is 11.3. The summed E-state index contributed by atoms with van der Waals surface area (Å²) in [5.41, 5.74) is 1.03. The molecule has 4 N–H and O–H groups in total. The second-order valence-electron chi connectivity index (χ2n) is 3.19. The molecule has 0 radical (unpaired) electrons. The van der Waals surface area contributed by atoms with Gasteiger partial charge < -0.3 is 5.11 Å². The van der Waals surface area contributed by atoms with E-state index in [2.05, 4.69) is 4.72 Å². The molecule has 0 atom stereocenters. The van der Waals surface area contributed by atoms with Crippen LogP contribution in [-0.4, -0.2) is 26.0 Å². The van der Waals surface area contributed by atoms with Gasteiger partial charge in [-0.3, -0.25) is 0 Å². The molecule has 0 spiro atoms. The van der Waals surface area contributed by atoms with Gasteiger partial charge in [0.05, 0.1) is 5.56 Å². The minimum atomic E-state index is -3.66. The first-order valence-electron chi connectivity index (χ1n) is 4.48. The second-order valence-corrected chi connectivity index (χ2v) is 4.57. The number of hydrogen-bond donors (Lipinski definition) is 3. The highest BCUT2D eigenvalue weighted by Crippen LogP contribution is 2.04. The van der Waals surface area contributed by atoms with Crippen LogP contribution in [0.5, 0.6) is 0 Å². The molecule has 88 valence electrons. The van der Waals surface area contributed by atoms with E-state index in [1.54, 1.807) is 12.1 Å². The number of nitrogens with one attached hydrogen (secondary N) is 1.